The molecule has 0 bridgehead atoms. The normalized spacial score (nSPS) is 10.9. The molecule has 3 aromatic rings. The van der Waals surface area contributed by atoms with Gasteiger partial charge in [0.1, 0.15) is 16.4 Å². The molecular formula is C23H21N3O8. The molecule has 1 heterocycles. The Morgan fingerprint density at radius 3 is 2.15 bits per heavy atom. The Morgan fingerprint density at radius 1 is 0.971 bits per heavy atom. The van der Waals surface area contributed by atoms with Gasteiger partial charge in [-0.1, -0.05) is 18.2 Å². The number of para-hydroxylation sites is 1. The summed E-state index contributed by atoms with van der Waals surface area (Å²) in [4.78, 5) is 36.2. The van der Waals surface area contributed by atoms with Gasteiger partial charge in [-0.25, -0.2) is 0 Å². The molecule has 3 rings (SSSR count). The zero-order valence-electron chi connectivity index (χ0n) is 18.5. The van der Waals surface area contributed by atoms with Gasteiger partial charge in [-0.3, -0.25) is 19.7 Å². The highest BCUT2D eigenvalue weighted by Gasteiger charge is 2.21. The molecule has 2 N–H and O–H groups in total. The van der Waals surface area contributed by atoms with Gasteiger partial charge in [0.15, 0.2) is 11.5 Å². The van der Waals surface area contributed by atoms with Crippen LogP contribution in [0.4, 0.5) is 11.6 Å². The van der Waals surface area contributed by atoms with E-state index in [1.807, 2.05) is 0 Å². The molecule has 0 aliphatic rings. The standard InChI is InChI=1S/C23H21N3O8/c1-31-18-11-14(12-19(32-2)21(18)33-3)22(27)25-17(13-16-9-10-20(34-16)26(29)30)23(28)24-15-7-5-4-6-8-15/h4-13H,1-3H3,(H,24,28)(H,25,27)/b17-13+. The largest absolute Gasteiger partial charge is 0.493 e. The minimum Gasteiger partial charge on any atom is -0.493 e. The molecule has 0 radical (unpaired) electrons. The molecule has 2 aromatic carbocycles. The van der Waals surface area contributed by atoms with Crippen LogP contribution in [0, 0.1) is 10.1 Å². The number of methoxy groups -OCH3 is 3. The van der Waals surface area contributed by atoms with E-state index in [-0.39, 0.29) is 28.5 Å². The first-order chi connectivity index (χ1) is 16.4. The van der Waals surface area contributed by atoms with Gasteiger partial charge >= 0.3 is 5.88 Å². The number of nitrogens with one attached hydrogen (secondary N) is 2. The molecule has 34 heavy (non-hydrogen) atoms. The first kappa shape index (κ1) is 23.9. The number of rotatable bonds is 9. The topological polar surface area (TPSA) is 142 Å². The Balaban J connectivity index is 1.96. The zero-order chi connectivity index (χ0) is 24.7. The van der Waals surface area contributed by atoms with E-state index >= 15 is 0 Å². The van der Waals surface area contributed by atoms with Crippen molar-refractivity contribution in [3.05, 3.63) is 81.7 Å². The molecule has 1 aromatic heterocycles. The predicted molar refractivity (Wildman–Crippen MR) is 122 cm³/mol. The minimum atomic E-state index is -0.713. The molecule has 176 valence electrons. The fraction of sp³-hybridized carbons (Fsp3) is 0.130. The molecule has 0 fully saturated rings. The lowest BCUT2D eigenvalue weighted by Gasteiger charge is -2.15. The van der Waals surface area contributed by atoms with Crippen molar-refractivity contribution in [3.63, 3.8) is 0 Å². The Bertz CT molecular complexity index is 1210. The average molecular weight is 467 g/mol. The Morgan fingerprint density at radius 2 is 1.62 bits per heavy atom. The van der Waals surface area contributed by atoms with E-state index in [0.717, 1.165) is 6.07 Å². The number of ether oxygens (including phenoxy) is 3. The van der Waals surface area contributed by atoms with Gasteiger partial charge in [-0.15, -0.1) is 0 Å². The predicted octanol–water partition coefficient (Wildman–Crippen LogP) is 3.62. The van der Waals surface area contributed by atoms with Crippen molar-refractivity contribution >= 4 is 29.5 Å². The second kappa shape index (κ2) is 10.7. The van der Waals surface area contributed by atoms with Crippen LogP contribution in [0.2, 0.25) is 0 Å². The SMILES string of the molecule is COc1cc(C(=O)N/C(=C/c2ccc([N+](=O)[O-])o2)C(=O)Nc2ccccc2)cc(OC)c1OC. The number of furan rings is 1. The maximum absolute atomic E-state index is 13.0. The minimum absolute atomic E-state index is 0.00453. The van der Waals surface area contributed by atoms with Gasteiger partial charge in [-0.05, 0) is 30.3 Å². The van der Waals surface area contributed by atoms with Crippen LogP contribution < -0.4 is 24.8 Å². The van der Waals surface area contributed by atoms with E-state index in [4.69, 9.17) is 18.6 Å². The van der Waals surface area contributed by atoms with Crippen LogP contribution in [-0.2, 0) is 4.79 Å². The van der Waals surface area contributed by atoms with E-state index in [9.17, 15) is 19.7 Å². The number of nitro groups is 1. The summed E-state index contributed by atoms with van der Waals surface area (Å²) in [7, 11) is 4.24. The summed E-state index contributed by atoms with van der Waals surface area (Å²) in [6, 6.07) is 13.8. The number of anilines is 1. The summed E-state index contributed by atoms with van der Waals surface area (Å²) in [5.74, 6) is -1.08. The fourth-order valence-electron chi connectivity index (χ4n) is 2.95. The van der Waals surface area contributed by atoms with Crippen molar-refractivity contribution in [2.75, 3.05) is 26.6 Å². The molecule has 0 unspecified atom stereocenters. The third-order valence-electron chi connectivity index (χ3n) is 4.53. The Kier molecular flexibility index (Phi) is 7.49. The molecule has 0 saturated carbocycles. The van der Waals surface area contributed by atoms with Crippen molar-refractivity contribution in [1.82, 2.24) is 5.32 Å². The van der Waals surface area contributed by atoms with Crippen molar-refractivity contribution in [1.29, 1.82) is 0 Å². The summed E-state index contributed by atoms with van der Waals surface area (Å²) < 4.78 is 20.9. The van der Waals surface area contributed by atoms with Gasteiger partial charge in [0.25, 0.3) is 11.8 Å². The molecule has 0 saturated heterocycles. The van der Waals surface area contributed by atoms with Gasteiger partial charge < -0.3 is 29.3 Å². The molecule has 11 nitrogen and oxygen atoms in total. The highest BCUT2D eigenvalue weighted by Crippen LogP contribution is 2.38. The van der Waals surface area contributed by atoms with Crippen LogP contribution in [0.15, 0.2) is 64.7 Å². The van der Waals surface area contributed by atoms with Gasteiger partial charge in [0.2, 0.25) is 5.75 Å². The van der Waals surface area contributed by atoms with Crippen molar-refractivity contribution in [2.45, 2.75) is 0 Å². The quantitative estimate of drug-likeness (QED) is 0.276. The summed E-state index contributed by atoms with van der Waals surface area (Å²) >= 11 is 0. The molecule has 0 spiro atoms. The maximum atomic E-state index is 13.0. The first-order valence-electron chi connectivity index (χ1n) is 9.80. The molecule has 2 amide bonds. The summed E-state index contributed by atoms with van der Waals surface area (Å²) in [5, 5.41) is 16.1. The van der Waals surface area contributed by atoms with Crippen LogP contribution >= 0.6 is 0 Å². The van der Waals surface area contributed by atoms with Gasteiger partial charge in [0, 0.05) is 17.3 Å². The smallest absolute Gasteiger partial charge is 0.433 e. The molecule has 0 aliphatic carbocycles. The van der Waals surface area contributed by atoms with Crippen LogP contribution in [0.1, 0.15) is 16.1 Å². The third kappa shape index (κ3) is 5.51. The molecule has 0 aliphatic heterocycles. The number of carbonyl (C=O) groups is 2. The number of nitrogens with zero attached hydrogens (tertiary/aromatic N) is 1. The van der Waals surface area contributed by atoms with Crippen molar-refractivity contribution < 1.29 is 33.1 Å². The van der Waals surface area contributed by atoms with Crippen LogP contribution in [0.5, 0.6) is 17.2 Å². The van der Waals surface area contributed by atoms with Crippen LogP contribution in [0.25, 0.3) is 6.08 Å². The van der Waals surface area contributed by atoms with Crippen LogP contribution in [-0.4, -0.2) is 38.1 Å². The van der Waals surface area contributed by atoms with Crippen molar-refractivity contribution in [2.24, 2.45) is 0 Å². The lowest BCUT2D eigenvalue weighted by atomic mass is 10.1. The maximum Gasteiger partial charge on any atom is 0.433 e. The lowest BCUT2D eigenvalue weighted by Crippen LogP contribution is -2.30. The van der Waals surface area contributed by atoms with E-state index in [0.29, 0.717) is 11.4 Å². The van der Waals surface area contributed by atoms with E-state index in [1.165, 1.54) is 45.6 Å². The Hall–Kier alpha value is -4.80. The molecular weight excluding hydrogens is 446 g/mol. The number of hydrogen-bond acceptors (Lipinski definition) is 8. The Labute approximate surface area is 194 Å². The highest BCUT2D eigenvalue weighted by atomic mass is 16.6. The fourth-order valence-corrected chi connectivity index (χ4v) is 2.95. The zero-order valence-corrected chi connectivity index (χ0v) is 18.5. The second-order valence-corrected chi connectivity index (χ2v) is 6.68. The average Bonchev–Trinajstić information content (AvgIpc) is 3.32. The number of amides is 2. The lowest BCUT2D eigenvalue weighted by molar-refractivity contribution is -0.402. The second-order valence-electron chi connectivity index (χ2n) is 6.68. The number of carbonyl (C=O) groups excluding carboxylic acids is 2. The number of hydrogen-bond donors (Lipinski definition) is 2. The number of benzene rings is 2. The highest BCUT2D eigenvalue weighted by molar-refractivity contribution is 6.10. The monoisotopic (exact) mass is 467 g/mol. The van der Waals surface area contributed by atoms with E-state index in [1.54, 1.807) is 30.3 Å². The third-order valence-corrected chi connectivity index (χ3v) is 4.53. The van der Waals surface area contributed by atoms with Gasteiger partial charge in [0.05, 0.1) is 27.4 Å². The van der Waals surface area contributed by atoms with Crippen LogP contribution in [0.3, 0.4) is 0 Å². The van der Waals surface area contributed by atoms with Gasteiger partial charge in [-0.2, -0.15) is 0 Å². The summed E-state index contributed by atoms with van der Waals surface area (Å²) in [6.07, 6.45) is 1.18. The summed E-state index contributed by atoms with van der Waals surface area (Å²) in [6.45, 7) is 0. The molecule has 0 atom stereocenters. The first-order valence-corrected chi connectivity index (χ1v) is 9.80. The molecule has 11 heteroatoms. The van der Waals surface area contributed by atoms with E-state index in [2.05, 4.69) is 10.6 Å². The summed E-state index contributed by atoms with van der Waals surface area (Å²) in [5.41, 5.74) is 0.371. The van der Waals surface area contributed by atoms with E-state index < -0.39 is 22.6 Å². The van der Waals surface area contributed by atoms with Crippen molar-refractivity contribution in [3.8, 4) is 17.2 Å².